The molecule has 142 valence electrons. The Kier molecular flexibility index (Phi) is 8.04. The summed E-state index contributed by atoms with van der Waals surface area (Å²) in [7, 11) is 3.79. The summed E-state index contributed by atoms with van der Waals surface area (Å²) >= 11 is 0. The van der Waals surface area contributed by atoms with Gasteiger partial charge in [0, 0.05) is 46.1 Å². The molecular formula is C17H30IN5O2. The van der Waals surface area contributed by atoms with Crippen LogP contribution in [-0.2, 0) is 18.3 Å². The highest BCUT2D eigenvalue weighted by molar-refractivity contribution is 14.0. The Morgan fingerprint density at radius 1 is 1.44 bits per heavy atom. The van der Waals surface area contributed by atoms with Crippen molar-refractivity contribution in [3.05, 3.63) is 24.0 Å². The zero-order chi connectivity index (χ0) is 17.7. The summed E-state index contributed by atoms with van der Waals surface area (Å²) in [6, 6.07) is 2.16. The van der Waals surface area contributed by atoms with Gasteiger partial charge in [-0.15, -0.1) is 24.0 Å². The summed E-state index contributed by atoms with van der Waals surface area (Å²) in [5.74, 6) is 0.854. The Balaban J connectivity index is 0.00000312. The van der Waals surface area contributed by atoms with Crippen LogP contribution in [0.3, 0.4) is 0 Å². The van der Waals surface area contributed by atoms with Crippen molar-refractivity contribution in [2.75, 3.05) is 20.1 Å². The van der Waals surface area contributed by atoms with Gasteiger partial charge >= 0.3 is 6.09 Å². The van der Waals surface area contributed by atoms with Crippen LogP contribution in [0.15, 0.2) is 23.5 Å². The van der Waals surface area contributed by atoms with E-state index < -0.39 is 5.60 Å². The summed E-state index contributed by atoms with van der Waals surface area (Å²) in [6.45, 7) is 7.91. The lowest BCUT2D eigenvalue weighted by atomic mass is 10.2. The number of aromatic nitrogens is 1. The van der Waals surface area contributed by atoms with Crippen LogP contribution in [0.5, 0.6) is 0 Å². The Morgan fingerprint density at radius 3 is 2.72 bits per heavy atom. The molecular weight excluding hydrogens is 433 g/mol. The van der Waals surface area contributed by atoms with Gasteiger partial charge < -0.3 is 24.8 Å². The first-order valence-electron chi connectivity index (χ1n) is 8.33. The quantitative estimate of drug-likeness (QED) is 0.410. The van der Waals surface area contributed by atoms with Crippen molar-refractivity contribution < 1.29 is 9.53 Å². The summed E-state index contributed by atoms with van der Waals surface area (Å²) in [5, 5.41) is 6.30. The number of hydrogen-bond acceptors (Lipinski definition) is 3. The summed E-state index contributed by atoms with van der Waals surface area (Å²) in [6.07, 6.45) is 4.63. The van der Waals surface area contributed by atoms with Gasteiger partial charge in [-0.05, 0) is 38.8 Å². The number of aliphatic imine (C=N–C) groups is 1. The third-order valence-corrected chi connectivity index (χ3v) is 3.76. The van der Waals surface area contributed by atoms with Crippen molar-refractivity contribution in [1.82, 2.24) is 20.1 Å². The van der Waals surface area contributed by atoms with Gasteiger partial charge in [-0.2, -0.15) is 0 Å². The number of aryl methyl sites for hydroxylation is 1. The van der Waals surface area contributed by atoms with E-state index in [9.17, 15) is 4.79 Å². The maximum Gasteiger partial charge on any atom is 0.407 e. The number of guanidine groups is 1. The molecule has 0 unspecified atom stereocenters. The van der Waals surface area contributed by atoms with Crippen LogP contribution in [0.4, 0.5) is 4.79 Å². The molecule has 0 aliphatic carbocycles. The number of hydrogen-bond donors (Lipinski definition) is 2. The number of carbonyl (C=O) groups excluding carboxylic acids is 1. The van der Waals surface area contributed by atoms with E-state index in [1.54, 1.807) is 7.05 Å². The first kappa shape index (κ1) is 21.6. The number of rotatable bonds is 3. The lowest BCUT2D eigenvalue weighted by Gasteiger charge is -2.23. The van der Waals surface area contributed by atoms with E-state index in [-0.39, 0.29) is 36.1 Å². The molecule has 0 bridgehead atoms. The second-order valence-electron chi connectivity index (χ2n) is 7.16. The molecule has 1 amide bonds. The number of halogens is 1. The van der Waals surface area contributed by atoms with Gasteiger partial charge in [0.15, 0.2) is 5.96 Å². The van der Waals surface area contributed by atoms with E-state index in [4.69, 9.17) is 4.74 Å². The number of ether oxygens (including phenoxy) is 1. The molecule has 1 saturated heterocycles. The minimum atomic E-state index is -0.477. The van der Waals surface area contributed by atoms with Crippen molar-refractivity contribution in [3.63, 3.8) is 0 Å². The van der Waals surface area contributed by atoms with E-state index in [0.717, 1.165) is 32.0 Å². The standard InChI is InChI=1S/C17H29N5O2.HI/c1-17(2,3)24-16(23)20-14-7-9-22(12-14)15(18-4)19-10-13-6-8-21(5)11-13;/h6,8,11,14H,7,9-10,12H2,1-5H3,(H,18,19)(H,20,23);1H/t14-;/m1./s1. The maximum absolute atomic E-state index is 11.9. The van der Waals surface area contributed by atoms with Crippen LogP contribution in [0.25, 0.3) is 0 Å². The third-order valence-electron chi connectivity index (χ3n) is 3.76. The largest absolute Gasteiger partial charge is 0.444 e. The average molecular weight is 463 g/mol. The second-order valence-corrected chi connectivity index (χ2v) is 7.16. The fourth-order valence-corrected chi connectivity index (χ4v) is 2.72. The van der Waals surface area contributed by atoms with E-state index in [1.807, 2.05) is 38.6 Å². The van der Waals surface area contributed by atoms with Gasteiger partial charge in [0.05, 0.1) is 6.04 Å². The lowest BCUT2D eigenvalue weighted by molar-refractivity contribution is 0.0507. The number of alkyl carbamates (subject to hydrolysis) is 1. The zero-order valence-electron chi connectivity index (χ0n) is 15.7. The molecule has 0 spiro atoms. The highest BCUT2D eigenvalue weighted by Gasteiger charge is 2.27. The van der Waals surface area contributed by atoms with Gasteiger partial charge in [0.2, 0.25) is 0 Å². The van der Waals surface area contributed by atoms with E-state index >= 15 is 0 Å². The van der Waals surface area contributed by atoms with Crippen molar-refractivity contribution in [3.8, 4) is 0 Å². The molecule has 0 saturated carbocycles. The zero-order valence-corrected chi connectivity index (χ0v) is 18.0. The first-order chi connectivity index (χ1) is 11.3. The van der Waals surface area contributed by atoms with Crippen molar-refractivity contribution >= 4 is 36.0 Å². The topological polar surface area (TPSA) is 70.9 Å². The highest BCUT2D eigenvalue weighted by Crippen LogP contribution is 2.12. The summed E-state index contributed by atoms with van der Waals surface area (Å²) < 4.78 is 7.34. The first-order valence-corrected chi connectivity index (χ1v) is 8.33. The maximum atomic E-state index is 11.9. The van der Waals surface area contributed by atoms with Crippen LogP contribution in [-0.4, -0.2) is 53.3 Å². The number of amides is 1. The molecule has 0 aromatic carbocycles. The predicted molar refractivity (Wildman–Crippen MR) is 110 cm³/mol. The van der Waals surface area contributed by atoms with Crippen LogP contribution in [0, 0.1) is 0 Å². The molecule has 2 heterocycles. The Labute approximate surface area is 167 Å². The minimum absolute atomic E-state index is 0. The lowest BCUT2D eigenvalue weighted by Crippen LogP contribution is -2.44. The minimum Gasteiger partial charge on any atom is -0.444 e. The van der Waals surface area contributed by atoms with Gasteiger partial charge in [-0.25, -0.2) is 4.79 Å². The third kappa shape index (κ3) is 7.13. The predicted octanol–water partition coefficient (Wildman–Crippen LogP) is 2.32. The Morgan fingerprint density at radius 2 is 2.16 bits per heavy atom. The van der Waals surface area contributed by atoms with Gasteiger partial charge in [-0.1, -0.05) is 0 Å². The summed E-state index contributed by atoms with van der Waals surface area (Å²) in [5.41, 5.74) is 0.733. The number of likely N-dealkylation sites (tertiary alicyclic amines) is 1. The van der Waals surface area contributed by atoms with Crippen molar-refractivity contribution in [2.24, 2.45) is 12.0 Å². The molecule has 8 heteroatoms. The molecule has 0 radical (unpaired) electrons. The fraction of sp³-hybridized carbons (Fsp3) is 0.647. The van der Waals surface area contributed by atoms with Crippen LogP contribution >= 0.6 is 24.0 Å². The van der Waals surface area contributed by atoms with Gasteiger partial charge in [0.25, 0.3) is 0 Å². The van der Waals surface area contributed by atoms with Crippen molar-refractivity contribution in [1.29, 1.82) is 0 Å². The molecule has 1 fully saturated rings. The summed E-state index contributed by atoms with van der Waals surface area (Å²) in [4.78, 5) is 18.4. The molecule has 1 aromatic heterocycles. The normalized spacial score (nSPS) is 17.9. The monoisotopic (exact) mass is 463 g/mol. The Bertz CT molecular complexity index is 594. The smallest absolute Gasteiger partial charge is 0.407 e. The van der Waals surface area contributed by atoms with Crippen molar-refractivity contribution in [2.45, 2.75) is 45.4 Å². The molecule has 7 nitrogen and oxygen atoms in total. The van der Waals surface area contributed by atoms with Crippen LogP contribution in [0.1, 0.15) is 32.8 Å². The molecule has 1 aliphatic heterocycles. The molecule has 1 aromatic rings. The second kappa shape index (κ2) is 9.30. The number of nitrogens with zero attached hydrogens (tertiary/aromatic N) is 3. The van der Waals surface area contributed by atoms with Gasteiger partial charge in [-0.3, -0.25) is 4.99 Å². The number of nitrogens with one attached hydrogen (secondary N) is 2. The molecule has 25 heavy (non-hydrogen) atoms. The Hall–Kier alpha value is -1.45. The molecule has 2 rings (SSSR count). The van der Waals surface area contributed by atoms with E-state index in [1.165, 1.54) is 5.56 Å². The highest BCUT2D eigenvalue weighted by atomic mass is 127. The van der Waals surface area contributed by atoms with E-state index in [2.05, 4.69) is 32.8 Å². The molecule has 2 N–H and O–H groups in total. The molecule has 1 aliphatic rings. The van der Waals surface area contributed by atoms with E-state index in [0.29, 0.717) is 0 Å². The average Bonchev–Trinajstić information content (AvgIpc) is 3.07. The SMILES string of the molecule is CN=C(NCc1ccn(C)c1)N1CC[C@@H](NC(=O)OC(C)(C)C)C1.I. The fourth-order valence-electron chi connectivity index (χ4n) is 2.72. The van der Waals surface area contributed by atoms with Gasteiger partial charge in [0.1, 0.15) is 5.60 Å². The molecule has 1 atom stereocenters. The number of carbonyl (C=O) groups is 1. The van der Waals surface area contributed by atoms with Crippen LogP contribution in [0.2, 0.25) is 0 Å². The van der Waals surface area contributed by atoms with Crippen LogP contribution < -0.4 is 10.6 Å².